The third-order valence-electron chi connectivity index (χ3n) is 4.10. The van der Waals surface area contributed by atoms with Crippen LogP contribution in [0.3, 0.4) is 0 Å². The highest BCUT2D eigenvalue weighted by atomic mass is 16.4. The number of rotatable bonds is 7. The Morgan fingerprint density at radius 2 is 2.20 bits per heavy atom. The molecule has 1 aromatic heterocycles. The number of aliphatic carboxylic acids is 1. The molecule has 112 valence electrons. The fourth-order valence-electron chi connectivity index (χ4n) is 2.88. The number of carboxylic acids is 1. The molecule has 0 aliphatic heterocycles. The van der Waals surface area contributed by atoms with E-state index in [2.05, 4.69) is 23.5 Å². The third-order valence-corrected chi connectivity index (χ3v) is 4.10. The molecule has 0 spiro atoms. The highest BCUT2D eigenvalue weighted by molar-refractivity contribution is 5.69. The van der Waals surface area contributed by atoms with E-state index in [0.29, 0.717) is 5.92 Å². The Hall–Kier alpha value is -1.36. The van der Waals surface area contributed by atoms with Crippen molar-refractivity contribution in [2.45, 2.75) is 52.1 Å². The zero-order valence-corrected chi connectivity index (χ0v) is 12.2. The quantitative estimate of drug-likeness (QED) is 0.803. The molecule has 0 aromatic carbocycles. The van der Waals surface area contributed by atoms with E-state index in [4.69, 9.17) is 5.11 Å². The van der Waals surface area contributed by atoms with Crippen molar-refractivity contribution in [3.8, 4) is 0 Å². The number of nitrogens with one attached hydrogen (secondary N) is 1. The van der Waals surface area contributed by atoms with Gasteiger partial charge in [-0.15, -0.1) is 0 Å². The number of hydrogen-bond acceptors (Lipinski definition) is 3. The van der Waals surface area contributed by atoms with Gasteiger partial charge >= 0.3 is 5.97 Å². The summed E-state index contributed by atoms with van der Waals surface area (Å²) in [6.45, 7) is 4.94. The maximum Gasteiger partial charge on any atom is 0.306 e. The summed E-state index contributed by atoms with van der Waals surface area (Å²) >= 11 is 0. The molecule has 1 heterocycles. The second-order valence-corrected chi connectivity index (χ2v) is 5.80. The molecule has 5 nitrogen and oxygen atoms in total. The minimum absolute atomic E-state index is 0.112. The predicted octanol–water partition coefficient (Wildman–Crippen LogP) is 2.27. The van der Waals surface area contributed by atoms with E-state index in [1.165, 1.54) is 5.56 Å². The average molecular weight is 279 g/mol. The Morgan fingerprint density at radius 1 is 1.45 bits per heavy atom. The summed E-state index contributed by atoms with van der Waals surface area (Å²) in [5.74, 6) is -0.116. The number of nitrogens with zero attached hydrogens (tertiary/aromatic N) is 2. The van der Waals surface area contributed by atoms with Gasteiger partial charge in [-0.2, -0.15) is 5.10 Å². The SMILES string of the molecule is CCCn1cc(CNCC2CCC(C(=O)O)CC2)cn1. The lowest BCUT2D eigenvalue weighted by Gasteiger charge is -2.26. The van der Waals surface area contributed by atoms with Crippen molar-refractivity contribution in [3.05, 3.63) is 18.0 Å². The summed E-state index contributed by atoms with van der Waals surface area (Å²) in [7, 11) is 0. The fraction of sp³-hybridized carbons (Fsp3) is 0.733. The van der Waals surface area contributed by atoms with Crippen molar-refractivity contribution in [1.82, 2.24) is 15.1 Å². The molecular formula is C15H25N3O2. The van der Waals surface area contributed by atoms with E-state index in [0.717, 1.165) is 51.7 Å². The molecule has 1 aliphatic carbocycles. The van der Waals surface area contributed by atoms with Crippen LogP contribution in [0.5, 0.6) is 0 Å². The molecule has 1 fully saturated rings. The molecule has 0 bridgehead atoms. The van der Waals surface area contributed by atoms with Gasteiger partial charge in [-0.25, -0.2) is 0 Å². The third kappa shape index (κ3) is 4.34. The van der Waals surface area contributed by atoms with Crippen LogP contribution in [0, 0.1) is 11.8 Å². The van der Waals surface area contributed by atoms with Crippen LogP contribution in [-0.4, -0.2) is 27.4 Å². The number of carboxylic acid groups (broad SMARTS) is 1. The van der Waals surface area contributed by atoms with E-state index < -0.39 is 5.97 Å². The Kier molecular flexibility index (Phi) is 5.59. The molecule has 1 aliphatic rings. The van der Waals surface area contributed by atoms with Gasteiger partial charge in [0.05, 0.1) is 12.1 Å². The molecule has 0 radical (unpaired) electrons. The maximum absolute atomic E-state index is 10.9. The Bertz CT molecular complexity index is 423. The van der Waals surface area contributed by atoms with Crippen molar-refractivity contribution >= 4 is 5.97 Å². The van der Waals surface area contributed by atoms with Crippen LogP contribution in [0.4, 0.5) is 0 Å². The van der Waals surface area contributed by atoms with Crippen molar-refractivity contribution in [1.29, 1.82) is 0 Å². The molecule has 0 saturated heterocycles. The summed E-state index contributed by atoms with van der Waals surface area (Å²) in [6, 6.07) is 0. The summed E-state index contributed by atoms with van der Waals surface area (Å²) in [5.41, 5.74) is 1.22. The molecular weight excluding hydrogens is 254 g/mol. The van der Waals surface area contributed by atoms with Gasteiger partial charge in [0.25, 0.3) is 0 Å². The largest absolute Gasteiger partial charge is 0.481 e. The van der Waals surface area contributed by atoms with Gasteiger partial charge in [-0.1, -0.05) is 6.92 Å². The van der Waals surface area contributed by atoms with Gasteiger partial charge in [0.1, 0.15) is 0 Å². The minimum Gasteiger partial charge on any atom is -0.481 e. The van der Waals surface area contributed by atoms with Crippen molar-refractivity contribution in [2.75, 3.05) is 6.54 Å². The summed E-state index contributed by atoms with van der Waals surface area (Å²) < 4.78 is 1.98. The average Bonchev–Trinajstić information content (AvgIpc) is 2.87. The molecule has 2 rings (SSSR count). The van der Waals surface area contributed by atoms with Gasteiger partial charge in [-0.05, 0) is 44.6 Å². The van der Waals surface area contributed by atoms with Crippen molar-refractivity contribution in [2.24, 2.45) is 11.8 Å². The van der Waals surface area contributed by atoms with Crippen LogP contribution >= 0.6 is 0 Å². The van der Waals surface area contributed by atoms with Gasteiger partial charge in [0.2, 0.25) is 0 Å². The highest BCUT2D eigenvalue weighted by Crippen LogP contribution is 2.28. The molecule has 2 N–H and O–H groups in total. The topological polar surface area (TPSA) is 67.2 Å². The first kappa shape index (κ1) is 15.0. The number of aromatic nitrogens is 2. The van der Waals surface area contributed by atoms with Crippen LogP contribution in [-0.2, 0) is 17.9 Å². The van der Waals surface area contributed by atoms with Crippen LogP contribution in [0.2, 0.25) is 0 Å². The van der Waals surface area contributed by atoms with E-state index >= 15 is 0 Å². The first-order valence-corrected chi connectivity index (χ1v) is 7.64. The van der Waals surface area contributed by atoms with Gasteiger partial charge in [0.15, 0.2) is 0 Å². The zero-order valence-electron chi connectivity index (χ0n) is 12.2. The molecule has 20 heavy (non-hydrogen) atoms. The van der Waals surface area contributed by atoms with Gasteiger partial charge in [-0.3, -0.25) is 9.48 Å². The molecule has 5 heteroatoms. The van der Waals surface area contributed by atoms with Crippen LogP contribution < -0.4 is 5.32 Å². The highest BCUT2D eigenvalue weighted by Gasteiger charge is 2.25. The molecule has 1 aromatic rings. The summed E-state index contributed by atoms with van der Waals surface area (Å²) in [4.78, 5) is 10.9. The Morgan fingerprint density at radius 3 is 2.85 bits per heavy atom. The summed E-state index contributed by atoms with van der Waals surface area (Å²) in [5, 5.41) is 16.8. The lowest BCUT2D eigenvalue weighted by molar-refractivity contribution is -0.143. The van der Waals surface area contributed by atoms with Gasteiger partial charge < -0.3 is 10.4 Å². The van der Waals surface area contributed by atoms with Crippen molar-refractivity contribution < 1.29 is 9.90 Å². The second kappa shape index (κ2) is 7.43. The lowest BCUT2D eigenvalue weighted by Crippen LogP contribution is -2.28. The zero-order chi connectivity index (χ0) is 14.4. The molecule has 0 atom stereocenters. The number of aryl methyl sites for hydroxylation is 1. The second-order valence-electron chi connectivity index (χ2n) is 5.80. The molecule has 1 saturated carbocycles. The Labute approximate surface area is 120 Å². The molecule has 0 amide bonds. The predicted molar refractivity (Wildman–Crippen MR) is 77.3 cm³/mol. The van der Waals surface area contributed by atoms with Crippen LogP contribution in [0.25, 0.3) is 0 Å². The monoisotopic (exact) mass is 279 g/mol. The number of carbonyl (C=O) groups is 1. The normalized spacial score (nSPS) is 22.9. The van der Waals surface area contributed by atoms with Gasteiger partial charge in [0, 0.05) is 24.8 Å². The maximum atomic E-state index is 10.9. The van der Waals surface area contributed by atoms with E-state index in [1.807, 2.05) is 10.9 Å². The smallest absolute Gasteiger partial charge is 0.306 e. The minimum atomic E-state index is -0.625. The van der Waals surface area contributed by atoms with E-state index in [9.17, 15) is 4.79 Å². The molecule has 0 unspecified atom stereocenters. The van der Waals surface area contributed by atoms with E-state index in [-0.39, 0.29) is 5.92 Å². The first-order chi connectivity index (χ1) is 9.69. The standard InChI is InChI=1S/C15H25N3O2/c1-2-7-18-11-13(10-17-18)9-16-8-12-3-5-14(6-4-12)15(19)20/h10-12,14,16H,2-9H2,1H3,(H,19,20). The first-order valence-electron chi connectivity index (χ1n) is 7.64. The van der Waals surface area contributed by atoms with Crippen LogP contribution in [0.1, 0.15) is 44.6 Å². The fourth-order valence-corrected chi connectivity index (χ4v) is 2.88. The Balaban J connectivity index is 1.65. The lowest BCUT2D eigenvalue weighted by atomic mass is 9.82. The van der Waals surface area contributed by atoms with Crippen molar-refractivity contribution in [3.63, 3.8) is 0 Å². The summed E-state index contributed by atoms with van der Waals surface area (Å²) in [6.07, 6.45) is 8.83. The number of hydrogen-bond donors (Lipinski definition) is 2. The van der Waals surface area contributed by atoms with E-state index in [1.54, 1.807) is 0 Å². The van der Waals surface area contributed by atoms with Crippen LogP contribution in [0.15, 0.2) is 12.4 Å².